The van der Waals surface area contributed by atoms with Crippen LogP contribution in [-0.2, 0) is 6.42 Å². The minimum absolute atomic E-state index is 0.347. The molecule has 0 bridgehead atoms. The third-order valence-electron chi connectivity index (χ3n) is 2.41. The Morgan fingerprint density at radius 1 is 1.33 bits per heavy atom. The summed E-state index contributed by atoms with van der Waals surface area (Å²) in [4.78, 5) is 4.24. The number of rotatable bonds is 3. The van der Waals surface area contributed by atoms with E-state index < -0.39 is 0 Å². The molecule has 1 unspecified atom stereocenters. The van der Waals surface area contributed by atoms with Crippen LogP contribution in [0.15, 0.2) is 35.4 Å². The van der Waals surface area contributed by atoms with E-state index in [9.17, 15) is 5.11 Å². The molecule has 0 saturated heterocycles. The molecule has 0 amide bonds. The molecule has 2 nitrogen and oxygen atoms in total. The first-order valence-corrected chi connectivity index (χ1v) is 6.74. The summed E-state index contributed by atoms with van der Waals surface area (Å²) in [6, 6.07) is 9.79. The van der Waals surface area contributed by atoms with Crippen LogP contribution in [0.5, 0.6) is 0 Å². The Kier molecular flexibility index (Phi) is 3.37. The summed E-state index contributed by atoms with van der Waals surface area (Å²) < 4.78 is 1.30. The van der Waals surface area contributed by atoms with Gasteiger partial charge in [0, 0.05) is 0 Å². The monoisotopic (exact) mass is 267 g/mol. The van der Waals surface area contributed by atoms with Crippen molar-refractivity contribution in [2.75, 3.05) is 0 Å². The van der Waals surface area contributed by atoms with Gasteiger partial charge in [0.25, 0.3) is 0 Å². The van der Waals surface area contributed by atoms with Crippen LogP contribution in [0.2, 0.25) is 0 Å². The van der Waals surface area contributed by atoms with E-state index in [1.807, 2.05) is 42.3 Å². The molecule has 0 spiro atoms. The Bertz CT molecular complexity index is 424. The Morgan fingerprint density at radius 3 is 2.67 bits per heavy atom. The summed E-state index contributed by atoms with van der Waals surface area (Å²) in [6.45, 7) is 2.01. The average Bonchev–Trinajstić information content (AvgIpc) is 2.66. The van der Waals surface area contributed by atoms with Crippen molar-refractivity contribution in [3.8, 4) is 0 Å². The standard InChI is InChI=1S/C12H13NOSe/c1-9-12(15-8-13-9)7-11(14)10-5-3-2-4-6-10/h2-6,8,11,14H,7H2,1H3. The summed E-state index contributed by atoms with van der Waals surface area (Å²) in [5.41, 5.74) is 2.07. The van der Waals surface area contributed by atoms with Crippen molar-refractivity contribution in [3.05, 3.63) is 51.1 Å². The van der Waals surface area contributed by atoms with E-state index in [-0.39, 0.29) is 6.10 Å². The number of aryl methyl sites for hydroxylation is 1. The van der Waals surface area contributed by atoms with Gasteiger partial charge >= 0.3 is 95.1 Å². The molecule has 3 heteroatoms. The Hall–Kier alpha value is -0.891. The van der Waals surface area contributed by atoms with Gasteiger partial charge in [-0.15, -0.1) is 0 Å². The van der Waals surface area contributed by atoms with Crippen molar-refractivity contribution in [1.29, 1.82) is 0 Å². The van der Waals surface area contributed by atoms with Crippen LogP contribution >= 0.6 is 0 Å². The van der Waals surface area contributed by atoms with Crippen LogP contribution in [0, 0.1) is 6.92 Å². The van der Waals surface area contributed by atoms with Crippen LogP contribution < -0.4 is 0 Å². The van der Waals surface area contributed by atoms with Gasteiger partial charge in [0.05, 0.1) is 0 Å². The van der Waals surface area contributed by atoms with E-state index >= 15 is 0 Å². The first-order chi connectivity index (χ1) is 7.27. The van der Waals surface area contributed by atoms with Crippen molar-refractivity contribution < 1.29 is 5.11 Å². The van der Waals surface area contributed by atoms with Crippen LogP contribution in [-0.4, -0.2) is 24.6 Å². The van der Waals surface area contributed by atoms with E-state index in [0.29, 0.717) is 14.5 Å². The fraction of sp³-hybridized carbons (Fsp3) is 0.250. The predicted molar refractivity (Wildman–Crippen MR) is 61.0 cm³/mol. The van der Waals surface area contributed by atoms with Gasteiger partial charge in [-0.1, -0.05) is 0 Å². The van der Waals surface area contributed by atoms with Gasteiger partial charge in [0.1, 0.15) is 0 Å². The second-order valence-corrected chi connectivity index (χ2v) is 5.46. The molecule has 0 aliphatic carbocycles. The molecule has 1 atom stereocenters. The molecular weight excluding hydrogens is 253 g/mol. The van der Waals surface area contributed by atoms with E-state index in [1.54, 1.807) is 0 Å². The number of hydrogen-bond donors (Lipinski definition) is 1. The van der Waals surface area contributed by atoms with Gasteiger partial charge in [0.2, 0.25) is 0 Å². The van der Waals surface area contributed by atoms with E-state index in [1.165, 1.54) is 4.44 Å². The molecule has 0 radical (unpaired) electrons. The van der Waals surface area contributed by atoms with Crippen molar-refractivity contribution in [2.45, 2.75) is 19.4 Å². The number of benzene rings is 1. The number of aliphatic hydroxyl groups excluding tert-OH is 1. The van der Waals surface area contributed by atoms with Crippen molar-refractivity contribution in [2.24, 2.45) is 0 Å². The second kappa shape index (κ2) is 4.75. The number of hydrogen-bond acceptors (Lipinski definition) is 2. The quantitative estimate of drug-likeness (QED) is 0.858. The molecule has 0 saturated carbocycles. The molecule has 0 aliphatic heterocycles. The molecule has 1 N–H and O–H groups in total. The summed E-state index contributed by atoms with van der Waals surface area (Å²) in [5.74, 6) is 0. The molecule has 2 rings (SSSR count). The molecule has 1 aromatic carbocycles. The third-order valence-corrected chi connectivity index (χ3v) is 4.42. The maximum atomic E-state index is 10.0. The molecule has 0 aliphatic rings. The SMILES string of the molecule is Cc1nc[se]c1CC(O)c1ccccc1. The van der Waals surface area contributed by atoms with Crippen LogP contribution in [0.4, 0.5) is 0 Å². The van der Waals surface area contributed by atoms with Crippen LogP contribution in [0.25, 0.3) is 0 Å². The van der Waals surface area contributed by atoms with Gasteiger partial charge in [-0.2, -0.15) is 0 Å². The predicted octanol–water partition coefficient (Wildman–Crippen LogP) is 1.72. The Morgan fingerprint density at radius 2 is 2.07 bits per heavy atom. The zero-order valence-corrected chi connectivity index (χ0v) is 10.3. The number of aromatic nitrogens is 1. The van der Waals surface area contributed by atoms with Crippen LogP contribution in [0.1, 0.15) is 21.8 Å². The summed E-state index contributed by atoms with van der Waals surface area (Å²) >= 11 is 0.347. The van der Waals surface area contributed by atoms with Crippen LogP contribution in [0.3, 0.4) is 0 Å². The molecule has 1 heterocycles. The van der Waals surface area contributed by atoms with Gasteiger partial charge in [0.15, 0.2) is 0 Å². The fourth-order valence-electron chi connectivity index (χ4n) is 1.49. The Balaban J connectivity index is 2.11. The molecule has 2 aromatic rings. The molecular formula is C12H13NOSe. The second-order valence-electron chi connectivity index (χ2n) is 3.49. The molecule has 78 valence electrons. The van der Waals surface area contributed by atoms with Crippen molar-refractivity contribution in [1.82, 2.24) is 4.98 Å². The Labute approximate surface area is 95.4 Å². The molecule has 1 aromatic heterocycles. The summed E-state index contributed by atoms with van der Waals surface area (Å²) in [7, 11) is 0. The van der Waals surface area contributed by atoms with Gasteiger partial charge in [-0.05, 0) is 0 Å². The van der Waals surface area contributed by atoms with Gasteiger partial charge in [-0.3, -0.25) is 0 Å². The maximum absolute atomic E-state index is 10.0. The van der Waals surface area contributed by atoms with E-state index in [0.717, 1.165) is 17.7 Å². The number of aliphatic hydroxyl groups is 1. The van der Waals surface area contributed by atoms with E-state index in [4.69, 9.17) is 0 Å². The zero-order chi connectivity index (χ0) is 10.7. The van der Waals surface area contributed by atoms with Gasteiger partial charge in [-0.25, -0.2) is 0 Å². The van der Waals surface area contributed by atoms with Crippen molar-refractivity contribution in [3.63, 3.8) is 0 Å². The number of nitrogens with zero attached hydrogens (tertiary/aromatic N) is 1. The molecule has 15 heavy (non-hydrogen) atoms. The summed E-state index contributed by atoms with van der Waals surface area (Å²) in [5, 5.41) is 12.0. The van der Waals surface area contributed by atoms with E-state index in [2.05, 4.69) is 4.98 Å². The van der Waals surface area contributed by atoms with Crippen molar-refractivity contribution >= 4 is 14.5 Å². The first-order valence-electron chi connectivity index (χ1n) is 4.89. The normalized spacial score (nSPS) is 12.7. The van der Waals surface area contributed by atoms with Gasteiger partial charge < -0.3 is 0 Å². The third kappa shape index (κ3) is 2.57. The fourth-order valence-corrected chi connectivity index (χ4v) is 3.20. The first kappa shape index (κ1) is 10.6. The minimum atomic E-state index is -0.389. The zero-order valence-electron chi connectivity index (χ0n) is 8.55. The summed E-state index contributed by atoms with van der Waals surface area (Å²) in [6.07, 6.45) is 0.329. The average molecular weight is 266 g/mol. The topological polar surface area (TPSA) is 33.1 Å². The molecule has 0 fully saturated rings.